The normalized spacial score (nSPS) is 13.8. The number of hydrogen-bond acceptors (Lipinski definition) is 15. The van der Waals surface area contributed by atoms with Crippen LogP contribution in [0.4, 0.5) is 0 Å². The van der Waals surface area contributed by atoms with Crippen molar-refractivity contribution in [3.05, 3.63) is 0 Å². The van der Waals surface area contributed by atoms with Crippen LogP contribution in [0.25, 0.3) is 0 Å². The smallest absolute Gasteiger partial charge is 0.462 e. The quantitative estimate of drug-likeness (QED) is 0.0222. The molecule has 19 heteroatoms. The molecule has 5 atom stereocenters. The molecule has 0 saturated carbocycles. The molecular weight excluding hydrogens is 1340 g/mol. The van der Waals surface area contributed by atoms with E-state index in [0.717, 1.165) is 102 Å². The molecule has 17 nitrogen and oxygen atoms in total. The van der Waals surface area contributed by atoms with E-state index in [9.17, 15) is 43.2 Å². The minimum atomic E-state index is -4.96. The van der Waals surface area contributed by atoms with Gasteiger partial charge < -0.3 is 33.8 Å². The molecule has 0 saturated heterocycles. The Morgan fingerprint density at radius 1 is 0.262 bits per heavy atom. The van der Waals surface area contributed by atoms with Crippen LogP contribution in [0.15, 0.2) is 0 Å². The molecule has 0 aliphatic rings. The lowest BCUT2D eigenvalue weighted by Gasteiger charge is -2.21. The minimum absolute atomic E-state index is 0.107. The van der Waals surface area contributed by atoms with E-state index < -0.39 is 97.5 Å². The summed E-state index contributed by atoms with van der Waals surface area (Å²) in [6.07, 6.45) is 70.0. The van der Waals surface area contributed by atoms with E-state index in [1.807, 2.05) is 0 Å². The van der Waals surface area contributed by atoms with E-state index in [1.165, 1.54) is 270 Å². The Labute approximate surface area is 632 Å². The van der Waals surface area contributed by atoms with Gasteiger partial charge in [-0.25, -0.2) is 9.13 Å². The summed E-state index contributed by atoms with van der Waals surface area (Å²) in [5.74, 6) is -1.32. The molecule has 0 aromatic rings. The Kier molecular flexibility index (Phi) is 75.4. The Bertz CT molecular complexity index is 1960. The summed E-state index contributed by atoms with van der Waals surface area (Å²) in [7, 11) is -9.91. The molecule has 0 amide bonds. The molecule has 0 aromatic carbocycles. The Hall–Kier alpha value is -1.94. The number of hydrogen-bond donors (Lipinski definition) is 3. The fourth-order valence-electron chi connectivity index (χ4n) is 13.1. The van der Waals surface area contributed by atoms with Gasteiger partial charge in [0, 0.05) is 25.7 Å². The Morgan fingerprint density at radius 3 is 0.660 bits per heavy atom. The van der Waals surface area contributed by atoms with Crippen molar-refractivity contribution in [3.63, 3.8) is 0 Å². The van der Waals surface area contributed by atoms with E-state index >= 15 is 0 Å². The first-order valence-corrected chi connectivity index (χ1v) is 46.6. The molecule has 0 fully saturated rings. The van der Waals surface area contributed by atoms with E-state index in [2.05, 4.69) is 34.6 Å². The van der Waals surface area contributed by atoms with Gasteiger partial charge in [-0.2, -0.15) is 0 Å². The maximum Gasteiger partial charge on any atom is 0.472 e. The number of ether oxygens (including phenoxy) is 4. The fourth-order valence-corrected chi connectivity index (χ4v) is 14.7. The Morgan fingerprint density at radius 2 is 0.447 bits per heavy atom. The molecule has 0 radical (unpaired) electrons. The molecule has 0 aliphatic carbocycles. The minimum Gasteiger partial charge on any atom is -0.462 e. The van der Waals surface area contributed by atoms with Gasteiger partial charge in [0.2, 0.25) is 0 Å². The van der Waals surface area contributed by atoms with Crippen molar-refractivity contribution < 1.29 is 80.2 Å². The summed E-state index contributed by atoms with van der Waals surface area (Å²) >= 11 is 0. The third kappa shape index (κ3) is 78.0. The van der Waals surface area contributed by atoms with E-state index in [1.54, 1.807) is 0 Å². The summed E-state index contributed by atoms with van der Waals surface area (Å²) in [5, 5.41) is 10.6. The standard InChI is InChI=1S/C84H164O17P2/c1-6-9-12-15-17-19-21-23-25-27-29-30-31-33-35-37-42-46-50-54-59-65-70-84(89)101-80(74-95-82(87)68-63-58-53-49-45-41-36-34-32-28-26-24-22-20-18-16-13-10-7-2)76-99-103(92,93)97-72-78(85)71-96-102(90,91)98-75-79(73-94-81(86)67-62-56-14-11-8-3)100-83(88)69-64-60-55-51-47-43-39-38-40-44-48-52-57-61-66-77(4)5/h77-80,85H,6-76H2,1-5H3,(H,90,91)(H,92,93)/t78-,79+,80+/m0/s1. The number of aliphatic hydroxyl groups is 1. The molecule has 612 valence electrons. The first-order valence-electron chi connectivity index (χ1n) is 43.6. The predicted molar refractivity (Wildman–Crippen MR) is 423 cm³/mol. The van der Waals surface area contributed by atoms with Crippen LogP contribution in [0.1, 0.15) is 452 Å². The molecule has 0 aromatic heterocycles. The van der Waals surface area contributed by atoms with E-state index in [4.69, 9.17) is 37.0 Å². The van der Waals surface area contributed by atoms with Gasteiger partial charge in [-0.3, -0.25) is 37.3 Å². The lowest BCUT2D eigenvalue weighted by Crippen LogP contribution is -2.30. The Balaban J connectivity index is 5.10. The highest BCUT2D eigenvalue weighted by Gasteiger charge is 2.30. The monoisotopic (exact) mass is 1510 g/mol. The van der Waals surface area contributed by atoms with Crippen molar-refractivity contribution in [1.82, 2.24) is 0 Å². The third-order valence-electron chi connectivity index (χ3n) is 19.8. The molecule has 0 aliphatic heterocycles. The predicted octanol–water partition coefficient (Wildman–Crippen LogP) is 25.6. The van der Waals surface area contributed by atoms with Crippen molar-refractivity contribution in [1.29, 1.82) is 0 Å². The van der Waals surface area contributed by atoms with Crippen LogP contribution >= 0.6 is 15.6 Å². The van der Waals surface area contributed by atoms with Crippen LogP contribution in [0, 0.1) is 5.92 Å². The lowest BCUT2D eigenvalue weighted by atomic mass is 10.0. The van der Waals surface area contributed by atoms with Crippen molar-refractivity contribution in [2.24, 2.45) is 5.92 Å². The van der Waals surface area contributed by atoms with E-state index in [-0.39, 0.29) is 25.7 Å². The van der Waals surface area contributed by atoms with Crippen molar-refractivity contribution in [3.8, 4) is 0 Å². The summed E-state index contributed by atoms with van der Waals surface area (Å²) < 4.78 is 68.6. The average molecular weight is 1510 g/mol. The second-order valence-corrected chi connectivity index (χ2v) is 33.6. The van der Waals surface area contributed by atoms with Crippen molar-refractivity contribution in [2.75, 3.05) is 39.6 Å². The number of esters is 4. The summed E-state index contributed by atoms with van der Waals surface area (Å²) in [6, 6.07) is 0. The van der Waals surface area contributed by atoms with Gasteiger partial charge in [0.1, 0.15) is 19.3 Å². The SMILES string of the molecule is CCCCCCCCCCCCCCCCCCCCCCCCC(=O)O[C@H](COC(=O)CCCCCCCCCCCCCCCCCCCCC)COP(=O)(O)OC[C@@H](O)COP(=O)(O)OC[C@@H](COC(=O)CCCCCCC)OC(=O)CCCCCCCCCCCCCCCCC(C)C. The topological polar surface area (TPSA) is 237 Å². The first kappa shape index (κ1) is 101. The van der Waals surface area contributed by atoms with Gasteiger partial charge in [-0.15, -0.1) is 0 Å². The van der Waals surface area contributed by atoms with Crippen LogP contribution in [0.3, 0.4) is 0 Å². The summed E-state index contributed by atoms with van der Waals surface area (Å²) in [6.45, 7) is 7.27. The summed E-state index contributed by atoms with van der Waals surface area (Å²) in [5.41, 5.74) is 0. The molecule has 2 unspecified atom stereocenters. The number of carbonyl (C=O) groups is 4. The van der Waals surface area contributed by atoms with Crippen LogP contribution in [-0.4, -0.2) is 96.7 Å². The van der Waals surface area contributed by atoms with E-state index in [0.29, 0.717) is 25.7 Å². The lowest BCUT2D eigenvalue weighted by molar-refractivity contribution is -0.161. The molecule has 0 rings (SSSR count). The molecule has 103 heavy (non-hydrogen) atoms. The second-order valence-electron chi connectivity index (χ2n) is 30.7. The number of rotatable bonds is 84. The van der Waals surface area contributed by atoms with Gasteiger partial charge in [-0.05, 0) is 31.6 Å². The van der Waals surface area contributed by atoms with Crippen molar-refractivity contribution >= 4 is 39.5 Å². The molecule has 0 bridgehead atoms. The maximum atomic E-state index is 13.1. The van der Waals surface area contributed by atoms with Crippen LogP contribution in [0.2, 0.25) is 0 Å². The highest BCUT2D eigenvalue weighted by atomic mass is 31.2. The molecule has 0 spiro atoms. The number of phosphoric acid groups is 2. The number of aliphatic hydroxyl groups excluding tert-OH is 1. The number of carbonyl (C=O) groups excluding carboxylic acids is 4. The number of unbranched alkanes of at least 4 members (excludes halogenated alkanes) is 56. The molecule has 0 heterocycles. The van der Waals surface area contributed by atoms with Crippen LogP contribution < -0.4 is 0 Å². The van der Waals surface area contributed by atoms with Gasteiger partial charge in [0.25, 0.3) is 0 Å². The largest absolute Gasteiger partial charge is 0.472 e. The van der Waals surface area contributed by atoms with Crippen molar-refractivity contribution in [2.45, 2.75) is 470 Å². The first-order chi connectivity index (χ1) is 50.0. The highest BCUT2D eigenvalue weighted by molar-refractivity contribution is 7.47. The van der Waals surface area contributed by atoms with Crippen LogP contribution in [0.5, 0.6) is 0 Å². The molecule has 3 N–H and O–H groups in total. The second kappa shape index (κ2) is 76.8. The van der Waals surface area contributed by atoms with Gasteiger partial charge >= 0.3 is 39.5 Å². The van der Waals surface area contributed by atoms with Crippen LogP contribution in [-0.2, 0) is 65.4 Å². The zero-order valence-electron chi connectivity index (χ0n) is 67.5. The van der Waals surface area contributed by atoms with Gasteiger partial charge in [0.15, 0.2) is 12.2 Å². The average Bonchev–Trinajstić information content (AvgIpc) is 0.957. The third-order valence-corrected chi connectivity index (χ3v) is 21.7. The van der Waals surface area contributed by atoms with Gasteiger partial charge in [0.05, 0.1) is 26.4 Å². The zero-order chi connectivity index (χ0) is 75.5. The van der Waals surface area contributed by atoms with Gasteiger partial charge in [-0.1, -0.05) is 401 Å². The molecular formula is C84H164O17P2. The summed E-state index contributed by atoms with van der Waals surface area (Å²) in [4.78, 5) is 72.8. The zero-order valence-corrected chi connectivity index (χ0v) is 69.3. The fraction of sp³-hybridized carbons (Fsp3) is 0.952. The maximum absolute atomic E-state index is 13.1. The highest BCUT2D eigenvalue weighted by Crippen LogP contribution is 2.45. The number of phosphoric ester groups is 2.